The Morgan fingerprint density at radius 2 is 2.10 bits per heavy atom. The molecule has 1 aromatic heterocycles. The lowest BCUT2D eigenvalue weighted by molar-refractivity contribution is -0.138. The molecule has 118 valence electrons. The highest BCUT2D eigenvalue weighted by Crippen LogP contribution is 2.27. The van der Waals surface area contributed by atoms with E-state index in [-0.39, 0.29) is 6.54 Å². The van der Waals surface area contributed by atoms with Crippen molar-refractivity contribution in [2.45, 2.75) is 38.6 Å². The number of amides is 1. The van der Waals surface area contributed by atoms with Gasteiger partial charge in [0.05, 0.1) is 11.7 Å². The summed E-state index contributed by atoms with van der Waals surface area (Å²) >= 11 is 0. The number of aliphatic hydroxyl groups excluding tert-OH is 1. The van der Waals surface area contributed by atoms with Crippen LogP contribution in [0.15, 0.2) is 23.1 Å². The molecule has 0 spiro atoms. The molecular formula is C13H17F3N2O3. The van der Waals surface area contributed by atoms with E-state index in [0.29, 0.717) is 23.3 Å². The lowest BCUT2D eigenvalue weighted by atomic mass is 10.2. The average molecular weight is 306 g/mol. The first kappa shape index (κ1) is 17.2. The molecule has 0 saturated heterocycles. The fourth-order valence-electron chi connectivity index (χ4n) is 1.70. The summed E-state index contributed by atoms with van der Waals surface area (Å²) in [5.41, 5.74) is -1.70. The smallest absolute Gasteiger partial charge is 0.391 e. The van der Waals surface area contributed by atoms with E-state index >= 15 is 0 Å². The third-order valence-corrected chi connectivity index (χ3v) is 2.78. The van der Waals surface area contributed by atoms with Crippen LogP contribution in [0.3, 0.4) is 0 Å². The molecule has 5 nitrogen and oxygen atoms in total. The van der Waals surface area contributed by atoms with Crippen LogP contribution < -0.4 is 10.9 Å². The van der Waals surface area contributed by atoms with Crippen LogP contribution in [0.5, 0.6) is 0 Å². The van der Waals surface area contributed by atoms with Crippen LogP contribution in [0.25, 0.3) is 0 Å². The third-order valence-electron chi connectivity index (χ3n) is 2.78. The van der Waals surface area contributed by atoms with Crippen LogP contribution in [0, 0.1) is 0 Å². The highest BCUT2D eigenvalue weighted by Gasteiger charge is 2.31. The molecule has 1 unspecified atom stereocenters. The highest BCUT2D eigenvalue weighted by atomic mass is 19.4. The summed E-state index contributed by atoms with van der Waals surface area (Å²) in [5, 5.41) is 11.8. The summed E-state index contributed by atoms with van der Waals surface area (Å²) in [6.07, 6.45) is -3.45. The van der Waals surface area contributed by atoms with E-state index in [9.17, 15) is 27.9 Å². The Hall–Kier alpha value is -1.83. The largest absolute Gasteiger partial charge is 0.417 e. The van der Waals surface area contributed by atoms with Crippen molar-refractivity contribution in [3.63, 3.8) is 0 Å². The van der Waals surface area contributed by atoms with E-state index in [4.69, 9.17) is 0 Å². The van der Waals surface area contributed by atoms with Crippen LogP contribution in [0.4, 0.5) is 13.2 Å². The number of hydrogen-bond donors (Lipinski definition) is 2. The number of nitrogens with zero attached hydrogens (tertiary/aromatic N) is 1. The van der Waals surface area contributed by atoms with Crippen LogP contribution in [-0.2, 0) is 17.5 Å². The summed E-state index contributed by atoms with van der Waals surface area (Å²) in [6.45, 7) is 1.34. The van der Waals surface area contributed by atoms with Gasteiger partial charge in [-0.2, -0.15) is 13.2 Å². The molecule has 1 rings (SSSR count). The molecule has 2 N–H and O–H groups in total. The molecule has 0 saturated carbocycles. The minimum Gasteiger partial charge on any atom is -0.391 e. The van der Waals surface area contributed by atoms with Gasteiger partial charge in [0, 0.05) is 18.8 Å². The zero-order chi connectivity index (χ0) is 16.0. The second-order valence-electron chi connectivity index (χ2n) is 4.63. The number of aliphatic hydroxyl groups is 1. The lowest BCUT2D eigenvalue weighted by Gasteiger charge is -2.13. The molecule has 0 aliphatic carbocycles. The Morgan fingerprint density at radius 3 is 2.67 bits per heavy atom. The SMILES string of the molecule is CCCC(O)CNC(=O)Cn1cc(C(F)(F)F)ccc1=O. The Morgan fingerprint density at radius 1 is 1.43 bits per heavy atom. The zero-order valence-electron chi connectivity index (χ0n) is 11.5. The van der Waals surface area contributed by atoms with Gasteiger partial charge in [0.1, 0.15) is 6.54 Å². The molecule has 0 aliphatic heterocycles. The topological polar surface area (TPSA) is 71.3 Å². The van der Waals surface area contributed by atoms with Gasteiger partial charge in [0.25, 0.3) is 5.56 Å². The van der Waals surface area contributed by atoms with Gasteiger partial charge in [0.15, 0.2) is 0 Å². The van der Waals surface area contributed by atoms with Crippen LogP contribution >= 0.6 is 0 Å². The van der Waals surface area contributed by atoms with Gasteiger partial charge in [0.2, 0.25) is 5.91 Å². The predicted octanol–water partition coefficient (Wildman–Crippen LogP) is 1.14. The zero-order valence-corrected chi connectivity index (χ0v) is 11.5. The first-order chi connectivity index (χ1) is 9.74. The number of pyridine rings is 1. The maximum Gasteiger partial charge on any atom is 0.417 e. The van der Waals surface area contributed by atoms with Gasteiger partial charge in [-0.1, -0.05) is 13.3 Å². The number of alkyl halides is 3. The summed E-state index contributed by atoms with van der Waals surface area (Å²) < 4.78 is 38.3. The highest BCUT2D eigenvalue weighted by molar-refractivity contribution is 5.75. The van der Waals surface area contributed by atoms with Gasteiger partial charge in [-0.05, 0) is 12.5 Å². The van der Waals surface area contributed by atoms with Crippen molar-refractivity contribution in [1.82, 2.24) is 9.88 Å². The fourth-order valence-corrected chi connectivity index (χ4v) is 1.70. The first-order valence-corrected chi connectivity index (χ1v) is 6.46. The molecule has 0 fully saturated rings. The Balaban J connectivity index is 2.70. The van der Waals surface area contributed by atoms with Crippen LogP contribution in [0.2, 0.25) is 0 Å². The number of nitrogens with one attached hydrogen (secondary N) is 1. The lowest BCUT2D eigenvalue weighted by Crippen LogP contribution is -2.36. The summed E-state index contributed by atoms with van der Waals surface area (Å²) in [5.74, 6) is -0.633. The summed E-state index contributed by atoms with van der Waals surface area (Å²) in [7, 11) is 0. The van der Waals surface area contributed by atoms with Crippen molar-refractivity contribution in [3.05, 3.63) is 34.2 Å². The van der Waals surface area contributed by atoms with Gasteiger partial charge in [-0.25, -0.2) is 0 Å². The maximum absolute atomic E-state index is 12.5. The third kappa shape index (κ3) is 5.58. The number of hydrogen-bond acceptors (Lipinski definition) is 3. The van der Waals surface area contributed by atoms with Gasteiger partial charge in [-0.3, -0.25) is 9.59 Å². The average Bonchev–Trinajstić information content (AvgIpc) is 2.38. The first-order valence-electron chi connectivity index (χ1n) is 6.46. The predicted molar refractivity (Wildman–Crippen MR) is 69.6 cm³/mol. The second-order valence-corrected chi connectivity index (χ2v) is 4.63. The minimum absolute atomic E-state index is 0.000382. The molecule has 1 amide bonds. The molecule has 21 heavy (non-hydrogen) atoms. The molecule has 1 aromatic rings. The van der Waals surface area contributed by atoms with E-state index in [2.05, 4.69) is 5.32 Å². The number of aromatic nitrogens is 1. The summed E-state index contributed by atoms with van der Waals surface area (Å²) in [4.78, 5) is 23.0. The second kappa shape index (κ2) is 7.26. The molecule has 1 heterocycles. The Bertz CT molecular complexity index is 540. The number of rotatable bonds is 6. The number of halogens is 3. The number of carbonyl (C=O) groups excluding carboxylic acids is 1. The fraction of sp³-hybridized carbons (Fsp3) is 0.538. The molecule has 0 aliphatic rings. The van der Waals surface area contributed by atoms with Gasteiger partial charge in [-0.15, -0.1) is 0 Å². The van der Waals surface area contributed by atoms with Crippen molar-refractivity contribution in [1.29, 1.82) is 0 Å². The molecule has 0 aromatic carbocycles. The molecule has 8 heteroatoms. The minimum atomic E-state index is -4.58. The normalized spacial score (nSPS) is 13.0. The Kier molecular flexibility index (Phi) is 5.95. The van der Waals surface area contributed by atoms with E-state index in [1.165, 1.54) is 0 Å². The van der Waals surface area contributed by atoms with Crippen molar-refractivity contribution < 1.29 is 23.1 Å². The molecule has 1 atom stereocenters. The van der Waals surface area contributed by atoms with Crippen molar-refractivity contribution in [2.75, 3.05) is 6.54 Å². The monoisotopic (exact) mass is 306 g/mol. The van der Waals surface area contributed by atoms with Gasteiger partial charge < -0.3 is 15.0 Å². The van der Waals surface area contributed by atoms with E-state index in [1.54, 1.807) is 0 Å². The van der Waals surface area contributed by atoms with E-state index in [0.717, 1.165) is 12.5 Å². The van der Waals surface area contributed by atoms with E-state index < -0.39 is 35.9 Å². The Labute approximate surface area is 119 Å². The van der Waals surface area contributed by atoms with Gasteiger partial charge >= 0.3 is 6.18 Å². The van der Waals surface area contributed by atoms with Crippen LogP contribution in [0.1, 0.15) is 25.3 Å². The van der Waals surface area contributed by atoms with Crippen molar-refractivity contribution in [3.8, 4) is 0 Å². The van der Waals surface area contributed by atoms with Crippen molar-refractivity contribution >= 4 is 5.91 Å². The van der Waals surface area contributed by atoms with Crippen molar-refractivity contribution in [2.24, 2.45) is 0 Å². The van der Waals surface area contributed by atoms with E-state index in [1.807, 2.05) is 6.92 Å². The number of carbonyl (C=O) groups is 1. The molecular weight excluding hydrogens is 289 g/mol. The van der Waals surface area contributed by atoms with Crippen LogP contribution in [-0.4, -0.2) is 28.2 Å². The summed E-state index contributed by atoms with van der Waals surface area (Å²) in [6, 6.07) is 1.43. The molecule has 0 bridgehead atoms. The standard InChI is InChI=1S/C13H17F3N2O3/c1-2-3-10(19)6-17-11(20)8-18-7-9(13(14,15)16)4-5-12(18)21/h4-5,7,10,19H,2-3,6,8H2,1H3,(H,17,20). The quantitative estimate of drug-likeness (QED) is 0.828. The molecule has 0 radical (unpaired) electrons. The maximum atomic E-state index is 12.5.